The van der Waals surface area contributed by atoms with E-state index in [0.29, 0.717) is 13.1 Å². The average Bonchev–Trinajstić information content (AvgIpc) is 2.93. The molecule has 7 nitrogen and oxygen atoms in total. The van der Waals surface area contributed by atoms with Crippen molar-refractivity contribution in [1.82, 2.24) is 10.2 Å². The van der Waals surface area contributed by atoms with Crippen LogP contribution in [-0.2, 0) is 6.54 Å². The molecule has 20 heavy (non-hydrogen) atoms. The Hall–Kier alpha value is -2.15. The molecule has 0 bridgehead atoms. The second kappa shape index (κ2) is 6.33. The number of carbonyl (C=O) groups excluding carboxylic acids is 1. The van der Waals surface area contributed by atoms with Gasteiger partial charge in [-0.15, -0.1) is 0 Å². The molecule has 1 aliphatic heterocycles. The minimum absolute atomic E-state index is 0.0229. The van der Waals surface area contributed by atoms with E-state index in [9.17, 15) is 14.9 Å². The zero-order valence-corrected chi connectivity index (χ0v) is 11.0. The van der Waals surface area contributed by atoms with Gasteiger partial charge in [-0.2, -0.15) is 0 Å². The minimum Gasteiger partial charge on any atom is -0.394 e. The molecular formula is C13H17N3O4. The van der Waals surface area contributed by atoms with Crippen LogP contribution in [0.4, 0.5) is 10.5 Å². The Morgan fingerprint density at radius 3 is 2.75 bits per heavy atom. The summed E-state index contributed by atoms with van der Waals surface area (Å²) in [5.41, 5.74) is 0.823. The van der Waals surface area contributed by atoms with Crippen LogP contribution in [0.1, 0.15) is 18.4 Å². The summed E-state index contributed by atoms with van der Waals surface area (Å²) in [4.78, 5) is 23.7. The monoisotopic (exact) mass is 279 g/mol. The zero-order chi connectivity index (χ0) is 14.5. The summed E-state index contributed by atoms with van der Waals surface area (Å²) in [6, 6.07) is 5.74. The summed E-state index contributed by atoms with van der Waals surface area (Å²) in [5, 5.41) is 22.5. The Morgan fingerprint density at radius 1 is 1.45 bits per heavy atom. The molecular weight excluding hydrogens is 262 g/mol. The lowest BCUT2D eigenvalue weighted by Gasteiger charge is -2.23. The van der Waals surface area contributed by atoms with Crippen LogP contribution in [0.25, 0.3) is 0 Å². The van der Waals surface area contributed by atoms with Gasteiger partial charge in [-0.25, -0.2) is 4.79 Å². The summed E-state index contributed by atoms with van der Waals surface area (Å²) in [6.45, 7) is 0.938. The number of benzene rings is 1. The quantitative estimate of drug-likeness (QED) is 0.640. The number of carbonyl (C=O) groups is 1. The molecule has 2 N–H and O–H groups in total. The number of nitro benzene ring substituents is 1. The Morgan fingerprint density at radius 2 is 2.15 bits per heavy atom. The number of amides is 2. The fraction of sp³-hybridized carbons (Fsp3) is 0.462. The number of aliphatic hydroxyl groups is 1. The Balaban J connectivity index is 1.88. The van der Waals surface area contributed by atoms with Crippen LogP contribution in [0.5, 0.6) is 0 Å². The second-order valence-corrected chi connectivity index (χ2v) is 4.75. The van der Waals surface area contributed by atoms with E-state index in [1.54, 1.807) is 17.0 Å². The van der Waals surface area contributed by atoms with E-state index in [1.165, 1.54) is 12.1 Å². The number of aliphatic hydroxyl groups excluding tert-OH is 1. The van der Waals surface area contributed by atoms with Crippen LogP contribution < -0.4 is 5.32 Å². The fourth-order valence-electron chi connectivity index (χ4n) is 2.31. The van der Waals surface area contributed by atoms with Crippen molar-refractivity contribution in [2.45, 2.75) is 25.4 Å². The van der Waals surface area contributed by atoms with Crippen LogP contribution in [-0.4, -0.2) is 40.2 Å². The third-order valence-corrected chi connectivity index (χ3v) is 3.44. The van der Waals surface area contributed by atoms with E-state index in [2.05, 4.69) is 5.32 Å². The van der Waals surface area contributed by atoms with Gasteiger partial charge in [0.05, 0.1) is 17.6 Å². The molecule has 1 heterocycles. The first-order valence-electron chi connectivity index (χ1n) is 6.50. The van der Waals surface area contributed by atoms with Crippen LogP contribution >= 0.6 is 0 Å². The van der Waals surface area contributed by atoms with Gasteiger partial charge < -0.3 is 15.3 Å². The lowest BCUT2D eigenvalue weighted by molar-refractivity contribution is -0.384. The van der Waals surface area contributed by atoms with Crippen molar-refractivity contribution in [3.8, 4) is 0 Å². The van der Waals surface area contributed by atoms with E-state index < -0.39 is 4.92 Å². The highest BCUT2D eigenvalue weighted by molar-refractivity contribution is 5.74. The zero-order valence-electron chi connectivity index (χ0n) is 11.0. The van der Waals surface area contributed by atoms with Gasteiger partial charge in [0.1, 0.15) is 0 Å². The summed E-state index contributed by atoms with van der Waals surface area (Å²) in [6.07, 6.45) is 1.72. The van der Waals surface area contributed by atoms with Gasteiger partial charge in [0.25, 0.3) is 5.69 Å². The van der Waals surface area contributed by atoms with Crippen LogP contribution in [0, 0.1) is 10.1 Å². The third-order valence-electron chi connectivity index (χ3n) is 3.44. The molecule has 0 spiro atoms. The van der Waals surface area contributed by atoms with Crippen LogP contribution in [0.15, 0.2) is 24.3 Å². The highest BCUT2D eigenvalue weighted by Crippen LogP contribution is 2.17. The number of hydrogen-bond acceptors (Lipinski definition) is 4. The number of nitro groups is 1. The molecule has 1 saturated heterocycles. The molecule has 1 aromatic rings. The van der Waals surface area contributed by atoms with Crippen molar-refractivity contribution in [2.24, 2.45) is 0 Å². The van der Waals surface area contributed by atoms with Gasteiger partial charge in [-0.1, -0.05) is 12.1 Å². The highest BCUT2D eigenvalue weighted by atomic mass is 16.6. The van der Waals surface area contributed by atoms with Crippen molar-refractivity contribution in [3.63, 3.8) is 0 Å². The minimum atomic E-state index is -0.460. The van der Waals surface area contributed by atoms with Crippen molar-refractivity contribution in [2.75, 3.05) is 13.2 Å². The normalized spacial score (nSPS) is 18.1. The summed E-state index contributed by atoms with van der Waals surface area (Å²) < 4.78 is 0. The van der Waals surface area contributed by atoms with Gasteiger partial charge in [-0.3, -0.25) is 10.1 Å². The number of urea groups is 1. The number of hydrogen-bond donors (Lipinski definition) is 2. The SMILES string of the molecule is O=C(NCc1ccc([N+](=O)[O-])cc1)N1CCCC1CO. The summed E-state index contributed by atoms with van der Waals surface area (Å²) in [7, 11) is 0. The van der Waals surface area contributed by atoms with Crippen molar-refractivity contribution < 1.29 is 14.8 Å². The van der Waals surface area contributed by atoms with Gasteiger partial charge in [-0.05, 0) is 18.4 Å². The number of nitrogens with zero attached hydrogens (tertiary/aromatic N) is 2. The first kappa shape index (κ1) is 14.3. The predicted octanol–water partition coefficient (Wildman–Crippen LogP) is 1.26. The Bertz CT molecular complexity index is 489. The smallest absolute Gasteiger partial charge is 0.317 e. The van der Waals surface area contributed by atoms with E-state index in [1.807, 2.05) is 0 Å². The molecule has 7 heteroatoms. The topological polar surface area (TPSA) is 95.7 Å². The summed E-state index contributed by atoms with van der Waals surface area (Å²) >= 11 is 0. The molecule has 2 rings (SSSR count). The highest BCUT2D eigenvalue weighted by Gasteiger charge is 2.27. The molecule has 0 aliphatic carbocycles. The molecule has 1 atom stereocenters. The van der Waals surface area contributed by atoms with E-state index in [4.69, 9.17) is 5.11 Å². The molecule has 0 radical (unpaired) electrons. The first-order chi connectivity index (χ1) is 9.61. The molecule has 0 aromatic heterocycles. The molecule has 2 amide bonds. The van der Waals surface area contributed by atoms with Crippen molar-refractivity contribution in [1.29, 1.82) is 0 Å². The molecule has 108 valence electrons. The number of likely N-dealkylation sites (tertiary alicyclic amines) is 1. The maximum absolute atomic E-state index is 12.0. The molecule has 1 aromatic carbocycles. The lowest BCUT2D eigenvalue weighted by Crippen LogP contribution is -2.43. The Kier molecular flexibility index (Phi) is 4.52. The lowest BCUT2D eigenvalue weighted by atomic mass is 10.2. The van der Waals surface area contributed by atoms with Gasteiger partial charge in [0, 0.05) is 25.2 Å². The average molecular weight is 279 g/mol. The first-order valence-corrected chi connectivity index (χ1v) is 6.50. The van der Waals surface area contributed by atoms with Gasteiger partial charge in [0.15, 0.2) is 0 Å². The molecule has 1 aliphatic rings. The van der Waals surface area contributed by atoms with Crippen molar-refractivity contribution in [3.05, 3.63) is 39.9 Å². The van der Waals surface area contributed by atoms with Gasteiger partial charge >= 0.3 is 6.03 Å². The van der Waals surface area contributed by atoms with Crippen molar-refractivity contribution >= 4 is 11.7 Å². The van der Waals surface area contributed by atoms with E-state index in [-0.39, 0.29) is 24.4 Å². The largest absolute Gasteiger partial charge is 0.394 e. The molecule has 1 unspecified atom stereocenters. The number of nitrogens with one attached hydrogen (secondary N) is 1. The maximum atomic E-state index is 12.0. The summed E-state index contributed by atoms with van der Waals surface area (Å²) in [5.74, 6) is 0. The molecule has 0 saturated carbocycles. The number of rotatable bonds is 4. The van der Waals surface area contributed by atoms with Crippen LogP contribution in [0.3, 0.4) is 0 Å². The predicted molar refractivity (Wildman–Crippen MR) is 72.1 cm³/mol. The molecule has 1 fully saturated rings. The fourth-order valence-corrected chi connectivity index (χ4v) is 2.31. The third kappa shape index (κ3) is 3.24. The Labute approximate surface area is 116 Å². The second-order valence-electron chi connectivity index (χ2n) is 4.75. The van der Waals surface area contributed by atoms with E-state index in [0.717, 1.165) is 18.4 Å². The van der Waals surface area contributed by atoms with E-state index >= 15 is 0 Å². The maximum Gasteiger partial charge on any atom is 0.317 e. The number of non-ortho nitro benzene ring substituents is 1. The van der Waals surface area contributed by atoms with Crippen LogP contribution in [0.2, 0.25) is 0 Å². The standard InChI is InChI=1S/C13H17N3O4/c17-9-12-2-1-7-15(12)13(18)14-8-10-3-5-11(6-4-10)16(19)20/h3-6,12,17H,1-2,7-9H2,(H,14,18). The van der Waals surface area contributed by atoms with Gasteiger partial charge in [0.2, 0.25) is 0 Å².